The lowest BCUT2D eigenvalue weighted by molar-refractivity contribution is -0.145. The molecule has 0 heterocycles. The van der Waals surface area contributed by atoms with Crippen LogP contribution in [0.15, 0.2) is 48.5 Å². The number of rotatable bonds is 7. The second-order valence-electron chi connectivity index (χ2n) is 5.68. The van der Waals surface area contributed by atoms with E-state index in [-0.39, 0.29) is 6.42 Å². The van der Waals surface area contributed by atoms with E-state index < -0.39 is 12.1 Å². The third-order valence-corrected chi connectivity index (χ3v) is 3.70. The van der Waals surface area contributed by atoms with Gasteiger partial charge in [-0.3, -0.25) is 0 Å². The van der Waals surface area contributed by atoms with E-state index in [4.69, 9.17) is 9.47 Å². The highest BCUT2D eigenvalue weighted by molar-refractivity contribution is 5.73. The summed E-state index contributed by atoms with van der Waals surface area (Å²) in [6.07, 6.45) is -0.721. The first kappa shape index (κ1) is 16.9. The maximum absolute atomic E-state index is 11.5. The summed E-state index contributed by atoms with van der Waals surface area (Å²) in [5.74, 6) is 0.644. The minimum Gasteiger partial charge on any atom is -0.496 e. The Morgan fingerprint density at radius 2 is 1.74 bits per heavy atom. The molecule has 0 saturated heterocycles. The lowest BCUT2D eigenvalue weighted by Crippen LogP contribution is -2.29. The van der Waals surface area contributed by atoms with Gasteiger partial charge in [-0.05, 0) is 35.2 Å². The van der Waals surface area contributed by atoms with Crippen molar-refractivity contribution in [3.8, 4) is 11.5 Å². The number of ether oxygens (including phenoxy) is 2. The van der Waals surface area contributed by atoms with Crippen LogP contribution in [0.4, 0.5) is 0 Å². The van der Waals surface area contributed by atoms with Crippen LogP contribution in [0.25, 0.3) is 0 Å². The van der Waals surface area contributed by atoms with Gasteiger partial charge in [0, 0.05) is 6.42 Å². The van der Waals surface area contributed by atoms with Crippen LogP contribution < -0.4 is 9.47 Å². The van der Waals surface area contributed by atoms with Gasteiger partial charge >= 0.3 is 5.97 Å². The molecule has 1 N–H and O–H groups in total. The molecule has 0 spiro atoms. The molecule has 0 aliphatic rings. The van der Waals surface area contributed by atoms with Gasteiger partial charge in [0.15, 0.2) is 6.10 Å². The van der Waals surface area contributed by atoms with Crippen molar-refractivity contribution in [3.63, 3.8) is 0 Å². The lowest BCUT2D eigenvalue weighted by atomic mass is 10.0. The van der Waals surface area contributed by atoms with E-state index in [0.29, 0.717) is 17.4 Å². The zero-order chi connectivity index (χ0) is 16.8. The molecule has 0 saturated carbocycles. The summed E-state index contributed by atoms with van der Waals surface area (Å²) in [6.45, 7) is 4.22. The Morgan fingerprint density at radius 3 is 2.30 bits per heavy atom. The van der Waals surface area contributed by atoms with Crippen molar-refractivity contribution in [2.24, 2.45) is 0 Å². The molecule has 0 bridgehead atoms. The first-order chi connectivity index (χ1) is 11.0. The molecule has 2 rings (SSSR count). The van der Waals surface area contributed by atoms with E-state index in [1.165, 1.54) is 5.56 Å². The lowest BCUT2D eigenvalue weighted by Gasteiger charge is -2.17. The van der Waals surface area contributed by atoms with Crippen molar-refractivity contribution in [2.75, 3.05) is 7.11 Å². The molecule has 0 fully saturated rings. The Morgan fingerprint density at radius 1 is 1.09 bits per heavy atom. The molecule has 4 heteroatoms. The third kappa shape index (κ3) is 4.49. The molecule has 2 aromatic carbocycles. The Balaban J connectivity index is 2.14. The maximum atomic E-state index is 11.5. The van der Waals surface area contributed by atoms with E-state index in [0.717, 1.165) is 5.56 Å². The van der Waals surface area contributed by atoms with Crippen molar-refractivity contribution in [1.82, 2.24) is 0 Å². The number of carbonyl (C=O) groups is 1. The molecule has 4 nitrogen and oxygen atoms in total. The van der Waals surface area contributed by atoms with Crippen LogP contribution in [0.2, 0.25) is 0 Å². The van der Waals surface area contributed by atoms with Gasteiger partial charge in [0.2, 0.25) is 0 Å². The number of aliphatic carboxylic acids is 1. The summed E-state index contributed by atoms with van der Waals surface area (Å²) in [5, 5.41) is 9.44. The van der Waals surface area contributed by atoms with E-state index >= 15 is 0 Å². The van der Waals surface area contributed by atoms with Crippen molar-refractivity contribution in [1.29, 1.82) is 0 Å². The van der Waals surface area contributed by atoms with Gasteiger partial charge in [0.1, 0.15) is 11.5 Å². The number of carboxylic acid groups (broad SMARTS) is 1. The largest absolute Gasteiger partial charge is 0.496 e. The van der Waals surface area contributed by atoms with E-state index in [2.05, 4.69) is 13.8 Å². The molecule has 0 aliphatic heterocycles. The topological polar surface area (TPSA) is 55.8 Å². The zero-order valence-electron chi connectivity index (χ0n) is 13.7. The summed E-state index contributed by atoms with van der Waals surface area (Å²) in [6, 6.07) is 14.9. The average molecular weight is 314 g/mol. The molecule has 0 aliphatic carbocycles. The fraction of sp³-hybridized carbons (Fsp3) is 0.316. The number of methoxy groups -OCH3 is 1. The van der Waals surface area contributed by atoms with Crippen LogP contribution in [0, 0.1) is 0 Å². The van der Waals surface area contributed by atoms with Gasteiger partial charge in [-0.1, -0.05) is 44.2 Å². The van der Waals surface area contributed by atoms with E-state index in [9.17, 15) is 9.90 Å². The number of benzene rings is 2. The van der Waals surface area contributed by atoms with Crippen molar-refractivity contribution in [2.45, 2.75) is 32.3 Å². The SMILES string of the molecule is COc1ccccc1C[C@H](Oc1ccc(C(C)C)cc1)C(=O)O. The van der Waals surface area contributed by atoms with Crippen molar-refractivity contribution >= 4 is 5.97 Å². The molecular formula is C19H22O4. The Bertz CT molecular complexity index is 647. The fourth-order valence-corrected chi connectivity index (χ4v) is 2.35. The molecule has 2 aromatic rings. The second kappa shape index (κ2) is 7.68. The van der Waals surface area contributed by atoms with Crippen LogP contribution in [-0.2, 0) is 11.2 Å². The van der Waals surface area contributed by atoms with Gasteiger partial charge in [-0.15, -0.1) is 0 Å². The number of hydrogen-bond donors (Lipinski definition) is 1. The molecule has 122 valence electrons. The smallest absolute Gasteiger partial charge is 0.345 e. The second-order valence-corrected chi connectivity index (χ2v) is 5.68. The zero-order valence-corrected chi connectivity index (χ0v) is 13.7. The highest BCUT2D eigenvalue weighted by atomic mass is 16.5. The highest BCUT2D eigenvalue weighted by Crippen LogP contribution is 2.23. The van der Waals surface area contributed by atoms with Crippen LogP contribution in [0.1, 0.15) is 30.9 Å². The molecule has 0 radical (unpaired) electrons. The van der Waals surface area contributed by atoms with Gasteiger partial charge < -0.3 is 14.6 Å². The summed E-state index contributed by atoms with van der Waals surface area (Å²) >= 11 is 0. The van der Waals surface area contributed by atoms with Crippen molar-refractivity contribution < 1.29 is 19.4 Å². The molecular weight excluding hydrogens is 292 g/mol. The first-order valence-electron chi connectivity index (χ1n) is 7.62. The first-order valence-corrected chi connectivity index (χ1v) is 7.62. The Labute approximate surface area is 136 Å². The molecule has 0 aromatic heterocycles. The van der Waals surface area contributed by atoms with Gasteiger partial charge in [0.05, 0.1) is 7.11 Å². The minimum atomic E-state index is -0.996. The minimum absolute atomic E-state index is 0.241. The van der Waals surface area contributed by atoms with Crippen LogP contribution >= 0.6 is 0 Å². The summed E-state index contributed by atoms with van der Waals surface area (Å²) in [7, 11) is 1.57. The van der Waals surface area contributed by atoms with Crippen molar-refractivity contribution in [3.05, 3.63) is 59.7 Å². The summed E-state index contributed by atoms with van der Waals surface area (Å²) < 4.78 is 10.9. The maximum Gasteiger partial charge on any atom is 0.345 e. The van der Waals surface area contributed by atoms with Crippen LogP contribution in [0.5, 0.6) is 11.5 Å². The Kier molecular flexibility index (Phi) is 5.63. The standard InChI is InChI=1S/C19H22O4/c1-13(2)14-8-10-16(11-9-14)23-18(19(20)21)12-15-6-4-5-7-17(15)22-3/h4-11,13,18H,12H2,1-3H3,(H,20,21)/t18-/m0/s1. The van der Waals surface area contributed by atoms with Gasteiger partial charge in [-0.2, -0.15) is 0 Å². The van der Waals surface area contributed by atoms with E-state index in [1.54, 1.807) is 7.11 Å². The predicted octanol–water partition coefficient (Wildman–Crippen LogP) is 3.89. The molecule has 23 heavy (non-hydrogen) atoms. The van der Waals surface area contributed by atoms with Gasteiger partial charge in [0.25, 0.3) is 0 Å². The summed E-state index contributed by atoms with van der Waals surface area (Å²) in [4.78, 5) is 11.5. The van der Waals surface area contributed by atoms with Crippen LogP contribution in [0.3, 0.4) is 0 Å². The molecule has 0 unspecified atom stereocenters. The fourth-order valence-electron chi connectivity index (χ4n) is 2.35. The van der Waals surface area contributed by atoms with E-state index in [1.807, 2.05) is 48.5 Å². The third-order valence-electron chi connectivity index (χ3n) is 3.70. The molecule has 0 amide bonds. The number of hydrogen-bond acceptors (Lipinski definition) is 3. The number of carboxylic acids is 1. The molecule has 1 atom stereocenters. The Hall–Kier alpha value is -2.49. The predicted molar refractivity (Wildman–Crippen MR) is 89.3 cm³/mol. The highest BCUT2D eigenvalue weighted by Gasteiger charge is 2.21. The van der Waals surface area contributed by atoms with Gasteiger partial charge in [-0.25, -0.2) is 4.79 Å². The quantitative estimate of drug-likeness (QED) is 0.842. The van der Waals surface area contributed by atoms with Crippen LogP contribution in [-0.4, -0.2) is 24.3 Å². The monoisotopic (exact) mass is 314 g/mol. The number of para-hydroxylation sites is 1. The normalized spacial score (nSPS) is 12.0. The summed E-state index contributed by atoms with van der Waals surface area (Å²) in [5.41, 5.74) is 2.00. The average Bonchev–Trinajstić information content (AvgIpc) is 2.55.